The first-order chi connectivity index (χ1) is 11.4. The molecule has 0 atom stereocenters. The van der Waals surface area contributed by atoms with Crippen LogP contribution in [0.1, 0.15) is 48.2 Å². The predicted molar refractivity (Wildman–Crippen MR) is 97.0 cm³/mol. The Balaban J connectivity index is 1.77. The van der Waals surface area contributed by atoms with Gasteiger partial charge in [0.1, 0.15) is 4.90 Å². The van der Waals surface area contributed by atoms with Crippen molar-refractivity contribution in [3.05, 3.63) is 45.9 Å². The van der Waals surface area contributed by atoms with Crippen LogP contribution in [0.4, 0.5) is 0 Å². The van der Waals surface area contributed by atoms with Crippen LogP contribution >= 0.6 is 11.3 Å². The van der Waals surface area contributed by atoms with Crippen LogP contribution in [0, 0.1) is 12.3 Å². The zero-order valence-corrected chi connectivity index (χ0v) is 15.2. The number of rotatable bonds is 3. The molecule has 4 nitrogen and oxygen atoms in total. The predicted octanol–water partition coefficient (Wildman–Crippen LogP) is 3.97. The third-order valence-corrected chi connectivity index (χ3v) is 7.29. The van der Waals surface area contributed by atoms with Crippen molar-refractivity contribution in [2.24, 2.45) is 10.6 Å². The maximum Gasteiger partial charge on any atom is 0.239 e. The molecule has 2 aliphatic carbocycles. The standard InChI is InChI=1S/C18H20N2O2S2/c1-12-7-17(23-11-12)15-9-18(5-2-6-18)8-14(15)16-4-3-13(10-20-16)24(19,21)22/h3-4,7,10-11H,2,5-6,8-9H2,1H3,(H2,19,21,22). The fraction of sp³-hybridized carbons (Fsp3) is 0.389. The summed E-state index contributed by atoms with van der Waals surface area (Å²) in [6.07, 6.45) is 7.39. The SMILES string of the molecule is Cc1csc(C2=C(c3ccc(S(N)(=O)=O)cn3)CC3(CCC3)C2)c1. The lowest BCUT2D eigenvalue weighted by molar-refractivity contribution is 0.157. The van der Waals surface area contributed by atoms with E-state index < -0.39 is 10.0 Å². The Kier molecular flexibility index (Phi) is 3.67. The second-order valence-corrected chi connectivity index (χ2v) is 9.55. The summed E-state index contributed by atoms with van der Waals surface area (Å²) < 4.78 is 22.9. The Labute approximate surface area is 146 Å². The van der Waals surface area contributed by atoms with Gasteiger partial charge in [0.2, 0.25) is 10.0 Å². The largest absolute Gasteiger partial charge is 0.255 e. The van der Waals surface area contributed by atoms with Gasteiger partial charge in [0.05, 0.1) is 5.69 Å². The molecule has 0 saturated heterocycles. The molecule has 2 aliphatic rings. The molecule has 1 saturated carbocycles. The maximum absolute atomic E-state index is 11.4. The molecule has 2 heterocycles. The lowest BCUT2D eigenvalue weighted by Crippen LogP contribution is -2.26. The highest BCUT2D eigenvalue weighted by atomic mass is 32.2. The van der Waals surface area contributed by atoms with Gasteiger partial charge in [0.25, 0.3) is 0 Å². The maximum atomic E-state index is 11.4. The number of nitrogens with two attached hydrogens (primary N) is 1. The van der Waals surface area contributed by atoms with Crippen molar-refractivity contribution in [2.75, 3.05) is 0 Å². The van der Waals surface area contributed by atoms with Gasteiger partial charge >= 0.3 is 0 Å². The summed E-state index contributed by atoms with van der Waals surface area (Å²) in [5, 5.41) is 7.36. The number of aryl methyl sites for hydroxylation is 1. The molecule has 2 aromatic rings. The molecule has 2 N–H and O–H groups in total. The van der Waals surface area contributed by atoms with Crippen LogP contribution in [0.5, 0.6) is 0 Å². The van der Waals surface area contributed by atoms with Crippen molar-refractivity contribution in [3.63, 3.8) is 0 Å². The summed E-state index contributed by atoms with van der Waals surface area (Å²) in [5.41, 5.74) is 5.24. The quantitative estimate of drug-likeness (QED) is 0.900. The number of pyridine rings is 1. The van der Waals surface area contributed by atoms with Crippen molar-refractivity contribution in [1.29, 1.82) is 0 Å². The Morgan fingerprint density at radius 3 is 2.46 bits per heavy atom. The van der Waals surface area contributed by atoms with Crippen LogP contribution in [0.25, 0.3) is 11.1 Å². The van der Waals surface area contributed by atoms with Gasteiger partial charge in [-0.25, -0.2) is 13.6 Å². The van der Waals surface area contributed by atoms with Gasteiger partial charge in [-0.15, -0.1) is 11.3 Å². The first kappa shape index (κ1) is 16.0. The summed E-state index contributed by atoms with van der Waals surface area (Å²) in [7, 11) is -3.70. The fourth-order valence-electron chi connectivity index (χ4n) is 3.85. The molecule has 24 heavy (non-hydrogen) atoms. The first-order valence-electron chi connectivity index (χ1n) is 8.13. The van der Waals surface area contributed by atoms with E-state index in [1.54, 1.807) is 23.5 Å². The molecule has 0 radical (unpaired) electrons. The van der Waals surface area contributed by atoms with Crippen LogP contribution in [0.15, 0.2) is 34.7 Å². The average Bonchev–Trinajstić information content (AvgIpc) is 3.10. The monoisotopic (exact) mass is 360 g/mol. The average molecular weight is 361 g/mol. The number of sulfonamides is 1. The molecule has 1 spiro atoms. The zero-order chi connectivity index (χ0) is 16.9. The van der Waals surface area contributed by atoms with Gasteiger partial charge in [0.15, 0.2) is 0 Å². The Morgan fingerprint density at radius 2 is 1.96 bits per heavy atom. The van der Waals surface area contributed by atoms with E-state index in [2.05, 4.69) is 23.4 Å². The molecule has 2 aromatic heterocycles. The van der Waals surface area contributed by atoms with Gasteiger partial charge < -0.3 is 0 Å². The molecule has 6 heteroatoms. The van der Waals surface area contributed by atoms with E-state index in [0.29, 0.717) is 5.41 Å². The van der Waals surface area contributed by atoms with Gasteiger partial charge in [-0.05, 0) is 78.3 Å². The van der Waals surface area contributed by atoms with E-state index in [9.17, 15) is 8.42 Å². The topological polar surface area (TPSA) is 73.1 Å². The summed E-state index contributed by atoms with van der Waals surface area (Å²) in [5.74, 6) is 0. The highest BCUT2D eigenvalue weighted by molar-refractivity contribution is 7.89. The Bertz CT molecular complexity index is 920. The van der Waals surface area contributed by atoms with Gasteiger partial charge in [-0.3, -0.25) is 4.98 Å². The first-order valence-corrected chi connectivity index (χ1v) is 10.6. The normalized spacial score (nSPS) is 19.8. The second kappa shape index (κ2) is 5.51. The zero-order valence-electron chi connectivity index (χ0n) is 13.6. The molecular weight excluding hydrogens is 340 g/mol. The van der Waals surface area contributed by atoms with Crippen LogP contribution in [-0.4, -0.2) is 13.4 Å². The van der Waals surface area contributed by atoms with E-state index in [1.807, 2.05) is 0 Å². The van der Waals surface area contributed by atoms with E-state index in [1.165, 1.54) is 47.0 Å². The molecule has 126 valence electrons. The van der Waals surface area contributed by atoms with Crippen molar-refractivity contribution >= 4 is 32.5 Å². The molecule has 4 rings (SSSR count). The molecule has 0 aliphatic heterocycles. The number of allylic oxidation sites excluding steroid dienone is 2. The molecule has 0 unspecified atom stereocenters. The van der Waals surface area contributed by atoms with Crippen LogP contribution in [0.3, 0.4) is 0 Å². The van der Waals surface area contributed by atoms with Crippen molar-refractivity contribution in [3.8, 4) is 0 Å². The third-order valence-electron chi connectivity index (χ3n) is 5.28. The van der Waals surface area contributed by atoms with E-state index in [4.69, 9.17) is 5.14 Å². The molecule has 1 fully saturated rings. The van der Waals surface area contributed by atoms with Crippen LogP contribution < -0.4 is 5.14 Å². The number of nitrogens with zero attached hydrogens (tertiary/aromatic N) is 1. The number of primary sulfonamides is 1. The van der Waals surface area contributed by atoms with Crippen molar-refractivity contribution in [2.45, 2.75) is 43.9 Å². The summed E-state index contributed by atoms with van der Waals surface area (Å²) in [4.78, 5) is 5.81. The van der Waals surface area contributed by atoms with Gasteiger partial charge in [-0.2, -0.15) is 0 Å². The molecular formula is C18H20N2O2S2. The van der Waals surface area contributed by atoms with Gasteiger partial charge in [-0.1, -0.05) is 6.42 Å². The number of hydrogen-bond acceptors (Lipinski definition) is 4. The number of hydrogen-bond donors (Lipinski definition) is 1. The summed E-state index contributed by atoms with van der Waals surface area (Å²) in [6.45, 7) is 2.12. The highest BCUT2D eigenvalue weighted by Crippen LogP contribution is 2.59. The van der Waals surface area contributed by atoms with E-state index in [-0.39, 0.29) is 4.90 Å². The Morgan fingerprint density at radius 1 is 1.21 bits per heavy atom. The minimum absolute atomic E-state index is 0.0664. The van der Waals surface area contributed by atoms with Crippen molar-refractivity contribution in [1.82, 2.24) is 4.98 Å². The molecule has 0 bridgehead atoms. The fourth-order valence-corrected chi connectivity index (χ4v) is 5.28. The van der Waals surface area contributed by atoms with E-state index >= 15 is 0 Å². The van der Waals surface area contributed by atoms with Crippen LogP contribution in [-0.2, 0) is 10.0 Å². The Hall–Kier alpha value is -1.50. The molecule has 0 aromatic carbocycles. The second-order valence-electron chi connectivity index (χ2n) is 7.08. The summed E-state index contributed by atoms with van der Waals surface area (Å²) in [6, 6.07) is 5.61. The van der Waals surface area contributed by atoms with E-state index in [0.717, 1.165) is 18.5 Å². The lowest BCUT2D eigenvalue weighted by Gasteiger charge is -2.39. The molecule has 0 amide bonds. The summed E-state index contributed by atoms with van der Waals surface area (Å²) >= 11 is 1.79. The lowest BCUT2D eigenvalue weighted by atomic mass is 9.66. The third kappa shape index (κ3) is 2.72. The van der Waals surface area contributed by atoms with Crippen LogP contribution in [0.2, 0.25) is 0 Å². The minimum Gasteiger partial charge on any atom is -0.255 e. The number of aromatic nitrogens is 1. The smallest absolute Gasteiger partial charge is 0.239 e. The highest BCUT2D eigenvalue weighted by Gasteiger charge is 2.44. The van der Waals surface area contributed by atoms with Gasteiger partial charge in [0, 0.05) is 11.1 Å². The number of thiophene rings is 1. The minimum atomic E-state index is -3.70. The van der Waals surface area contributed by atoms with Crippen molar-refractivity contribution < 1.29 is 8.42 Å².